The first kappa shape index (κ1) is 13.4. The van der Waals surface area contributed by atoms with E-state index in [0.717, 1.165) is 5.57 Å². The quantitative estimate of drug-likeness (QED) is 0.916. The third kappa shape index (κ3) is 4.26. The van der Waals surface area contributed by atoms with Gasteiger partial charge in [0, 0.05) is 11.4 Å². The molecule has 1 heterocycles. The van der Waals surface area contributed by atoms with E-state index in [1.807, 2.05) is 42.6 Å². The van der Waals surface area contributed by atoms with Crippen LogP contribution in [-0.2, 0) is 0 Å². The Hall–Kier alpha value is -2.07. The van der Waals surface area contributed by atoms with Crippen molar-refractivity contribution in [1.82, 2.24) is 5.32 Å². The Bertz CT molecular complexity index is 547. The largest absolute Gasteiger partial charge is 0.412 e. The molecule has 0 aliphatic rings. The van der Waals surface area contributed by atoms with Crippen LogP contribution in [-0.4, -0.2) is 12.6 Å². The number of benzene rings is 1. The SMILES string of the molecule is CC(=CCNC(=O)Oc1ccccc1)c1cccs1. The van der Waals surface area contributed by atoms with E-state index in [1.54, 1.807) is 23.5 Å². The van der Waals surface area contributed by atoms with E-state index < -0.39 is 6.09 Å². The maximum absolute atomic E-state index is 11.5. The lowest BCUT2D eigenvalue weighted by Gasteiger charge is -2.04. The minimum atomic E-state index is -0.443. The molecule has 1 amide bonds. The molecule has 3 nitrogen and oxygen atoms in total. The minimum absolute atomic E-state index is 0.443. The van der Waals surface area contributed by atoms with Crippen LogP contribution in [0.15, 0.2) is 53.9 Å². The zero-order chi connectivity index (χ0) is 13.5. The van der Waals surface area contributed by atoms with E-state index in [2.05, 4.69) is 11.4 Å². The van der Waals surface area contributed by atoms with Crippen LogP contribution in [0.1, 0.15) is 11.8 Å². The summed E-state index contributed by atoms with van der Waals surface area (Å²) in [6.45, 7) is 2.48. The average molecular weight is 273 g/mol. The summed E-state index contributed by atoms with van der Waals surface area (Å²) >= 11 is 1.68. The molecule has 1 aromatic heterocycles. The van der Waals surface area contributed by atoms with Crippen LogP contribution in [0, 0.1) is 0 Å². The van der Waals surface area contributed by atoms with Gasteiger partial charge in [0.2, 0.25) is 0 Å². The predicted molar refractivity (Wildman–Crippen MR) is 78.4 cm³/mol. The second-order valence-corrected chi connectivity index (χ2v) is 4.90. The van der Waals surface area contributed by atoms with Crippen LogP contribution in [0.3, 0.4) is 0 Å². The predicted octanol–water partition coefficient (Wildman–Crippen LogP) is 3.94. The Morgan fingerprint density at radius 1 is 1.26 bits per heavy atom. The molecule has 4 heteroatoms. The van der Waals surface area contributed by atoms with Crippen molar-refractivity contribution in [2.24, 2.45) is 0 Å². The Balaban J connectivity index is 1.80. The van der Waals surface area contributed by atoms with Crippen LogP contribution >= 0.6 is 11.3 Å². The van der Waals surface area contributed by atoms with Crippen LogP contribution in [0.5, 0.6) is 5.75 Å². The van der Waals surface area contributed by atoms with Gasteiger partial charge in [0.25, 0.3) is 0 Å². The molecule has 0 aliphatic heterocycles. The van der Waals surface area contributed by atoms with E-state index in [9.17, 15) is 4.79 Å². The Labute approximate surface area is 116 Å². The van der Waals surface area contributed by atoms with E-state index >= 15 is 0 Å². The highest BCUT2D eigenvalue weighted by atomic mass is 32.1. The van der Waals surface area contributed by atoms with Gasteiger partial charge in [-0.3, -0.25) is 0 Å². The zero-order valence-electron chi connectivity index (χ0n) is 10.6. The third-order valence-electron chi connectivity index (χ3n) is 2.52. The van der Waals surface area contributed by atoms with Crippen molar-refractivity contribution < 1.29 is 9.53 Å². The number of carbonyl (C=O) groups is 1. The molecule has 0 saturated carbocycles. The van der Waals surface area contributed by atoms with Crippen molar-refractivity contribution in [3.05, 3.63) is 58.8 Å². The molecular weight excluding hydrogens is 258 g/mol. The molecule has 0 saturated heterocycles. The molecule has 0 aliphatic carbocycles. The molecule has 1 N–H and O–H groups in total. The smallest absolute Gasteiger partial charge is 0.410 e. The fraction of sp³-hybridized carbons (Fsp3) is 0.133. The number of thiophene rings is 1. The molecule has 2 aromatic rings. The van der Waals surface area contributed by atoms with Crippen molar-refractivity contribution in [3.63, 3.8) is 0 Å². The molecule has 0 atom stereocenters. The van der Waals surface area contributed by atoms with Gasteiger partial charge in [-0.15, -0.1) is 11.3 Å². The number of carbonyl (C=O) groups excluding carboxylic acids is 1. The summed E-state index contributed by atoms with van der Waals surface area (Å²) in [7, 11) is 0. The van der Waals surface area contributed by atoms with Crippen LogP contribution < -0.4 is 10.1 Å². The number of rotatable bonds is 4. The maximum atomic E-state index is 11.5. The topological polar surface area (TPSA) is 38.3 Å². The van der Waals surface area contributed by atoms with E-state index in [-0.39, 0.29) is 0 Å². The van der Waals surface area contributed by atoms with Gasteiger partial charge in [-0.05, 0) is 36.1 Å². The molecule has 0 unspecified atom stereocenters. The summed E-state index contributed by atoms with van der Waals surface area (Å²) in [6.07, 6.45) is 1.53. The summed E-state index contributed by atoms with van der Waals surface area (Å²) < 4.78 is 5.11. The highest BCUT2D eigenvalue weighted by Crippen LogP contribution is 2.18. The molecule has 98 valence electrons. The Kier molecular flexibility index (Phi) is 4.75. The van der Waals surface area contributed by atoms with Gasteiger partial charge in [0.15, 0.2) is 0 Å². The lowest BCUT2D eigenvalue weighted by molar-refractivity contribution is 0.201. The third-order valence-corrected chi connectivity index (χ3v) is 3.52. The fourth-order valence-corrected chi connectivity index (χ4v) is 2.25. The summed E-state index contributed by atoms with van der Waals surface area (Å²) in [4.78, 5) is 12.7. The Morgan fingerprint density at radius 3 is 2.74 bits per heavy atom. The number of hydrogen-bond donors (Lipinski definition) is 1. The summed E-state index contributed by atoms with van der Waals surface area (Å²) in [6, 6.07) is 13.1. The first-order valence-corrected chi connectivity index (χ1v) is 6.85. The van der Waals surface area contributed by atoms with Crippen LogP contribution in [0.4, 0.5) is 4.79 Å². The molecule has 0 spiro atoms. The number of hydrogen-bond acceptors (Lipinski definition) is 3. The lowest BCUT2D eigenvalue weighted by atomic mass is 10.2. The highest BCUT2D eigenvalue weighted by Gasteiger charge is 2.02. The minimum Gasteiger partial charge on any atom is -0.410 e. The zero-order valence-corrected chi connectivity index (χ0v) is 11.4. The monoisotopic (exact) mass is 273 g/mol. The van der Waals surface area contributed by atoms with E-state index in [4.69, 9.17) is 4.74 Å². The van der Waals surface area contributed by atoms with Gasteiger partial charge in [-0.1, -0.05) is 30.3 Å². The van der Waals surface area contributed by atoms with Gasteiger partial charge >= 0.3 is 6.09 Å². The van der Waals surface area contributed by atoms with Crippen molar-refractivity contribution in [2.45, 2.75) is 6.92 Å². The highest BCUT2D eigenvalue weighted by molar-refractivity contribution is 7.11. The van der Waals surface area contributed by atoms with Gasteiger partial charge in [0.1, 0.15) is 5.75 Å². The molecule has 0 fully saturated rings. The number of allylic oxidation sites excluding steroid dienone is 1. The summed E-state index contributed by atoms with van der Waals surface area (Å²) in [5.74, 6) is 0.541. The molecule has 0 bridgehead atoms. The Morgan fingerprint density at radius 2 is 2.05 bits per heavy atom. The van der Waals surface area contributed by atoms with Gasteiger partial charge < -0.3 is 10.1 Å². The molecule has 0 radical (unpaired) electrons. The lowest BCUT2D eigenvalue weighted by Crippen LogP contribution is -2.26. The van der Waals surface area contributed by atoms with Crippen molar-refractivity contribution in [3.8, 4) is 5.75 Å². The normalized spacial score (nSPS) is 11.1. The first-order valence-electron chi connectivity index (χ1n) is 5.97. The molecule has 2 rings (SSSR count). The number of nitrogens with one attached hydrogen (secondary N) is 1. The molecular formula is C15H15NO2S. The summed E-state index contributed by atoms with van der Waals surface area (Å²) in [5, 5.41) is 4.72. The first-order chi connectivity index (χ1) is 9.25. The van der Waals surface area contributed by atoms with E-state index in [1.165, 1.54) is 4.88 Å². The average Bonchev–Trinajstić information content (AvgIpc) is 2.93. The van der Waals surface area contributed by atoms with Crippen molar-refractivity contribution in [1.29, 1.82) is 0 Å². The van der Waals surface area contributed by atoms with Crippen LogP contribution in [0.25, 0.3) is 5.57 Å². The van der Waals surface area contributed by atoms with Gasteiger partial charge in [-0.25, -0.2) is 4.79 Å². The van der Waals surface area contributed by atoms with E-state index in [0.29, 0.717) is 12.3 Å². The van der Waals surface area contributed by atoms with Gasteiger partial charge in [0.05, 0.1) is 0 Å². The second kappa shape index (κ2) is 6.75. The maximum Gasteiger partial charge on any atom is 0.412 e. The summed E-state index contributed by atoms with van der Waals surface area (Å²) in [5.41, 5.74) is 1.15. The van der Waals surface area contributed by atoms with Crippen molar-refractivity contribution >= 4 is 23.0 Å². The number of ether oxygens (including phenoxy) is 1. The second-order valence-electron chi connectivity index (χ2n) is 3.95. The van der Waals surface area contributed by atoms with Crippen molar-refractivity contribution in [2.75, 3.05) is 6.54 Å². The fourth-order valence-electron chi connectivity index (χ4n) is 1.52. The molecule has 19 heavy (non-hydrogen) atoms. The van der Waals surface area contributed by atoms with Gasteiger partial charge in [-0.2, -0.15) is 0 Å². The standard InChI is InChI=1S/C15H15NO2S/c1-12(14-8-5-11-19-14)9-10-16-15(17)18-13-6-3-2-4-7-13/h2-9,11H,10H2,1H3,(H,16,17). The number of para-hydroxylation sites is 1. The molecule has 1 aromatic carbocycles. The number of amides is 1. The van der Waals surface area contributed by atoms with Crippen LogP contribution in [0.2, 0.25) is 0 Å².